The highest BCUT2D eigenvalue weighted by molar-refractivity contribution is 5.66. The van der Waals surface area contributed by atoms with Gasteiger partial charge in [0.15, 0.2) is 0 Å². The van der Waals surface area contributed by atoms with E-state index in [1.165, 1.54) is 5.56 Å². The van der Waals surface area contributed by atoms with Crippen molar-refractivity contribution in [1.82, 2.24) is 15.3 Å². The van der Waals surface area contributed by atoms with Crippen molar-refractivity contribution in [3.63, 3.8) is 0 Å². The molecule has 0 saturated heterocycles. The second-order valence-corrected chi connectivity index (χ2v) is 6.44. The molecule has 1 aliphatic carbocycles. The molecular weight excluding hydrogens is 288 g/mol. The van der Waals surface area contributed by atoms with Crippen LogP contribution in [-0.2, 0) is 13.1 Å². The first-order chi connectivity index (χ1) is 11.3. The molecule has 3 N–H and O–H groups in total. The number of aliphatic hydroxyl groups is 1. The van der Waals surface area contributed by atoms with Crippen LogP contribution >= 0.6 is 0 Å². The fraction of sp³-hybridized carbons (Fsp3) is 0.444. The van der Waals surface area contributed by atoms with Gasteiger partial charge in [0, 0.05) is 30.3 Å². The summed E-state index contributed by atoms with van der Waals surface area (Å²) in [6, 6.07) is 10.7. The minimum absolute atomic E-state index is 0.141. The van der Waals surface area contributed by atoms with Crippen molar-refractivity contribution in [1.29, 1.82) is 0 Å². The smallest absolute Gasteiger partial charge is 0.223 e. The number of hydrogen-bond donors (Lipinski definition) is 3. The van der Waals surface area contributed by atoms with Crippen molar-refractivity contribution >= 4 is 5.95 Å². The van der Waals surface area contributed by atoms with Gasteiger partial charge in [-0.2, -0.15) is 0 Å². The number of nitrogens with zero attached hydrogens (tertiary/aromatic N) is 2. The Hall–Kier alpha value is -1.98. The average Bonchev–Trinajstić information content (AvgIpc) is 3.05. The number of fused-ring (bicyclic) bond motifs is 1. The summed E-state index contributed by atoms with van der Waals surface area (Å²) in [4.78, 5) is 9.51. The van der Waals surface area contributed by atoms with E-state index in [9.17, 15) is 5.11 Å². The summed E-state index contributed by atoms with van der Waals surface area (Å²) >= 11 is 0. The molecule has 4 rings (SSSR count). The number of benzene rings is 1. The number of aromatic nitrogens is 2. The molecule has 1 aliphatic heterocycles. The zero-order chi connectivity index (χ0) is 15.6. The summed E-state index contributed by atoms with van der Waals surface area (Å²) < 4.78 is 0. The van der Waals surface area contributed by atoms with Gasteiger partial charge in [0.1, 0.15) is 0 Å². The van der Waals surface area contributed by atoms with E-state index in [-0.39, 0.29) is 6.10 Å². The fourth-order valence-corrected chi connectivity index (χ4v) is 3.47. The van der Waals surface area contributed by atoms with Crippen molar-refractivity contribution in [3.8, 4) is 11.3 Å². The molecule has 0 unspecified atom stereocenters. The molecule has 2 aromatic rings. The van der Waals surface area contributed by atoms with Crippen LogP contribution in [-0.4, -0.2) is 27.2 Å². The van der Waals surface area contributed by atoms with Crippen molar-refractivity contribution in [2.75, 3.05) is 5.32 Å². The predicted molar refractivity (Wildman–Crippen MR) is 89.9 cm³/mol. The molecule has 1 aromatic carbocycles. The molecule has 0 atom stereocenters. The third kappa shape index (κ3) is 3.07. The van der Waals surface area contributed by atoms with Crippen LogP contribution in [0.2, 0.25) is 0 Å². The first-order valence-corrected chi connectivity index (χ1v) is 8.40. The maximum Gasteiger partial charge on any atom is 0.223 e. The molecule has 120 valence electrons. The number of nitrogens with one attached hydrogen (secondary N) is 2. The molecule has 1 fully saturated rings. The first-order valence-electron chi connectivity index (χ1n) is 8.40. The Balaban J connectivity index is 1.63. The summed E-state index contributed by atoms with van der Waals surface area (Å²) in [6.45, 7) is 1.63. The van der Waals surface area contributed by atoms with E-state index in [2.05, 4.69) is 22.8 Å². The summed E-state index contributed by atoms with van der Waals surface area (Å²) in [6.07, 6.45) is 3.52. The minimum atomic E-state index is -0.141. The number of rotatable bonds is 3. The van der Waals surface area contributed by atoms with Crippen molar-refractivity contribution in [2.24, 2.45) is 0 Å². The molecular formula is C18H22N4O. The number of anilines is 1. The Morgan fingerprint density at radius 1 is 1.00 bits per heavy atom. The maximum atomic E-state index is 9.65. The van der Waals surface area contributed by atoms with Crippen LogP contribution in [0.25, 0.3) is 11.3 Å². The lowest BCUT2D eigenvalue weighted by Gasteiger charge is -2.26. The zero-order valence-corrected chi connectivity index (χ0v) is 13.1. The van der Waals surface area contributed by atoms with E-state index in [1.807, 2.05) is 18.2 Å². The Bertz CT molecular complexity index is 681. The van der Waals surface area contributed by atoms with Crippen LogP contribution in [0.15, 0.2) is 30.3 Å². The highest BCUT2D eigenvalue weighted by Crippen LogP contribution is 2.29. The van der Waals surface area contributed by atoms with Crippen LogP contribution in [0.1, 0.15) is 36.9 Å². The molecule has 0 amide bonds. The van der Waals surface area contributed by atoms with Gasteiger partial charge in [0.25, 0.3) is 0 Å². The van der Waals surface area contributed by atoms with E-state index in [4.69, 9.17) is 9.97 Å². The van der Waals surface area contributed by atoms with Gasteiger partial charge >= 0.3 is 0 Å². The van der Waals surface area contributed by atoms with Gasteiger partial charge in [0.05, 0.1) is 17.5 Å². The lowest BCUT2D eigenvalue weighted by molar-refractivity contribution is 0.126. The molecule has 23 heavy (non-hydrogen) atoms. The van der Waals surface area contributed by atoms with Gasteiger partial charge in [-0.25, -0.2) is 9.97 Å². The van der Waals surface area contributed by atoms with Crippen LogP contribution in [0.3, 0.4) is 0 Å². The van der Waals surface area contributed by atoms with Crippen molar-refractivity contribution in [3.05, 3.63) is 41.6 Å². The summed E-state index contributed by atoms with van der Waals surface area (Å²) in [5.41, 5.74) is 4.47. The Kier molecular flexibility index (Phi) is 3.97. The number of hydrogen-bond acceptors (Lipinski definition) is 5. The Morgan fingerprint density at radius 2 is 1.78 bits per heavy atom. The van der Waals surface area contributed by atoms with Crippen LogP contribution in [0.5, 0.6) is 0 Å². The summed E-state index contributed by atoms with van der Waals surface area (Å²) in [5.74, 6) is 0.715. The monoisotopic (exact) mass is 310 g/mol. The van der Waals surface area contributed by atoms with Crippen molar-refractivity contribution in [2.45, 2.75) is 50.9 Å². The minimum Gasteiger partial charge on any atom is -0.393 e. The quantitative estimate of drug-likeness (QED) is 0.812. The largest absolute Gasteiger partial charge is 0.393 e. The normalized spacial score (nSPS) is 23.5. The van der Waals surface area contributed by atoms with Gasteiger partial charge < -0.3 is 15.7 Å². The second-order valence-electron chi connectivity index (χ2n) is 6.44. The lowest BCUT2D eigenvalue weighted by Crippen LogP contribution is -2.29. The molecule has 1 aromatic heterocycles. The van der Waals surface area contributed by atoms with Crippen molar-refractivity contribution < 1.29 is 5.11 Å². The standard InChI is InChI=1S/C18H22N4O/c23-14-8-6-13(7-9-14)20-18-21-16-11-19-10-15(16)17(22-18)12-4-2-1-3-5-12/h1-5,13-14,19,23H,6-11H2,(H,20,21,22)/t13-,14-. The fourth-order valence-electron chi connectivity index (χ4n) is 3.47. The second kappa shape index (κ2) is 6.26. The van der Waals surface area contributed by atoms with E-state index >= 15 is 0 Å². The highest BCUT2D eigenvalue weighted by atomic mass is 16.3. The first kappa shape index (κ1) is 14.6. The molecule has 2 heterocycles. The van der Waals surface area contributed by atoms with E-state index in [1.54, 1.807) is 0 Å². The molecule has 2 aliphatic rings. The topological polar surface area (TPSA) is 70.1 Å². The SMILES string of the molecule is O[C@H]1CC[C@H](Nc2nc3c(c(-c4ccccc4)n2)CNC3)CC1. The van der Waals surface area contributed by atoms with Crippen LogP contribution in [0, 0.1) is 0 Å². The summed E-state index contributed by atoms with van der Waals surface area (Å²) in [5, 5.41) is 16.5. The molecule has 5 heteroatoms. The molecule has 0 spiro atoms. The van der Waals surface area contributed by atoms with Crippen LogP contribution < -0.4 is 10.6 Å². The van der Waals surface area contributed by atoms with Gasteiger partial charge in [-0.05, 0) is 25.7 Å². The molecule has 5 nitrogen and oxygen atoms in total. The van der Waals surface area contributed by atoms with Gasteiger partial charge in [-0.15, -0.1) is 0 Å². The zero-order valence-electron chi connectivity index (χ0n) is 13.1. The summed E-state index contributed by atoms with van der Waals surface area (Å²) in [7, 11) is 0. The van der Waals surface area contributed by atoms with E-state index in [0.717, 1.165) is 55.7 Å². The lowest BCUT2D eigenvalue weighted by atomic mass is 9.93. The van der Waals surface area contributed by atoms with E-state index in [0.29, 0.717) is 12.0 Å². The molecule has 0 bridgehead atoms. The third-order valence-electron chi connectivity index (χ3n) is 4.76. The molecule has 0 radical (unpaired) electrons. The van der Waals surface area contributed by atoms with Gasteiger partial charge in [-0.3, -0.25) is 0 Å². The third-order valence-corrected chi connectivity index (χ3v) is 4.76. The predicted octanol–water partition coefficient (Wildman–Crippen LogP) is 2.46. The van der Waals surface area contributed by atoms with E-state index < -0.39 is 0 Å². The van der Waals surface area contributed by atoms with Crippen LogP contribution in [0.4, 0.5) is 5.95 Å². The highest BCUT2D eigenvalue weighted by Gasteiger charge is 2.23. The maximum absolute atomic E-state index is 9.65. The Morgan fingerprint density at radius 3 is 2.57 bits per heavy atom. The number of aliphatic hydroxyl groups excluding tert-OH is 1. The molecule has 1 saturated carbocycles. The average molecular weight is 310 g/mol. The van der Waals surface area contributed by atoms with Gasteiger partial charge in [-0.1, -0.05) is 30.3 Å². The Labute approximate surface area is 136 Å². The van der Waals surface area contributed by atoms with Gasteiger partial charge in [0.2, 0.25) is 5.95 Å².